The molecule has 3 aliphatic rings. The van der Waals surface area contributed by atoms with Gasteiger partial charge in [-0.05, 0) is 94.5 Å². The van der Waals surface area contributed by atoms with Crippen LogP contribution < -0.4 is 9.80 Å². The quantitative estimate of drug-likeness (QED) is 0.179. The zero-order valence-electron chi connectivity index (χ0n) is 28.9. The Bertz CT molecular complexity index is 3010. The van der Waals surface area contributed by atoms with Crippen LogP contribution in [0.4, 0.5) is 34.1 Å². The van der Waals surface area contributed by atoms with Gasteiger partial charge in [0.15, 0.2) is 0 Å². The van der Waals surface area contributed by atoms with E-state index in [2.05, 4.69) is 161 Å². The van der Waals surface area contributed by atoms with E-state index in [1.54, 1.807) is 0 Å². The summed E-state index contributed by atoms with van der Waals surface area (Å²) in [6, 6.07) is 64.3. The summed E-state index contributed by atoms with van der Waals surface area (Å²) in [5, 5.41) is 2.13. The van der Waals surface area contributed by atoms with E-state index in [9.17, 15) is 0 Å². The van der Waals surface area contributed by atoms with Crippen molar-refractivity contribution in [1.82, 2.24) is 0 Å². The second kappa shape index (κ2) is 10.9. The van der Waals surface area contributed by atoms with Crippen molar-refractivity contribution in [3.63, 3.8) is 0 Å². The van der Waals surface area contributed by atoms with Gasteiger partial charge in [0.25, 0.3) is 0 Å². The van der Waals surface area contributed by atoms with E-state index >= 15 is 4.21 Å². The van der Waals surface area contributed by atoms with Crippen LogP contribution in [-0.2, 0) is 16.2 Å². The van der Waals surface area contributed by atoms with Crippen molar-refractivity contribution in [2.75, 3.05) is 9.80 Å². The lowest BCUT2D eigenvalue weighted by Crippen LogP contribution is -2.36. The molecule has 1 aliphatic carbocycles. The molecule has 12 rings (SSSR count). The van der Waals surface area contributed by atoms with Crippen LogP contribution in [0.25, 0.3) is 33.1 Å². The fraction of sp³-hybridized carbons (Fsp3) is 0.0204. The number of rotatable bonds is 2. The molecule has 1 aromatic heterocycles. The topological polar surface area (TPSA) is 36.7 Å². The van der Waals surface area contributed by atoms with Gasteiger partial charge in [0.05, 0.1) is 48.8 Å². The summed E-state index contributed by atoms with van der Waals surface area (Å²) in [4.78, 5) is 6.32. The number of fused-ring (bicyclic) bond motifs is 15. The van der Waals surface area contributed by atoms with Crippen molar-refractivity contribution in [2.24, 2.45) is 0 Å². The molecular formula is C49H30N2O2S. The number of nitrogens with zero attached hydrogens (tertiary/aromatic N) is 2. The van der Waals surface area contributed by atoms with Gasteiger partial charge in [-0.25, -0.2) is 4.21 Å². The molecule has 2 aliphatic heterocycles. The average molecular weight is 711 g/mol. The molecule has 9 aromatic rings. The highest BCUT2D eigenvalue weighted by Crippen LogP contribution is 2.65. The van der Waals surface area contributed by atoms with E-state index < -0.39 is 16.2 Å². The maximum absolute atomic E-state index is 15.3. The van der Waals surface area contributed by atoms with Gasteiger partial charge in [-0.1, -0.05) is 115 Å². The Kier molecular flexibility index (Phi) is 6.03. The van der Waals surface area contributed by atoms with Crippen LogP contribution >= 0.6 is 0 Å². The molecule has 1 spiro atoms. The van der Waals surface area contributed by atoms with E-state index in [1.807, 2.05) is 30.3 Å². The lowest BCUT2D eigenvalue weighted by molar-refractivity contribution is 0.669. The van der Waals surface area contributed by atoms with Crippen LogP contribution in [-0.4, -0.2) is 4.21 Å². The Morgan fingerprint density at radius 3 is 1.85 bits per heavy atom. The second-order valence-corrected chi connectivity index (χ2v) is 15.6. The third kappa shape index (κ3) is 3.74. The predicted molar refractivity (Wildman–Crippen MR) is 219 cm³/mol. The van der Waals surface area contributed by atoms with Crippen molar-refractivity contribution in [2.45, 2.75) is 15.2 Å². The van der Waals surface area contributed by atoms with Crippen molar-refractivity contribution in [1.29, 1.82) is 0 Å². The molecule has 0 N–H and O–H groups in total. The Morgan fingerprint density at radius 2 is 1.06 bits per heavy atom. The van der Waals surface area contributed by atoms with Gasteiger partial charge in [0.1, 0.15) is 11.2 Å². The van der Waals surface area contributed by atoms with E-state index in [4.69, 9.17) is 4.42 Å². The van der Waals surface area contributed by atoms with Crippen LogP contribution in [0.1, 0.15) is 22.3 Å². The minimum absolute atomic E-state index is 0.639. The molecule has 0 fully saturated rings. The number of hydrogen-bond acceptors (Lipinski definition) is 4. The average Bonchev–Trinajstić information content (AvgIpc) is 3.75. The van der Waals surface area contributed by atoms with Crippen LogP contribution in [0, 0.1) is 0 Å². The normalized spacial score (nSPS) is 15.7. The zero-order chi connectivity index (χ0) is 35.5. The number of hydrogen-bond donors (Lipinski definition) is 0. The first-order valence-electron chi connectivity index (χ1n) is 18.3. The maximum Gasteiger partial charge on any atom is 0.135 e. The number of anilines is 6. The molecule has 0 amide bonds. The summed E-state index contributed by atoms with van der Waals surface area (Å²) >= 11 is 0. The molecule has 0 saturated heterocycles. The molecule has 1 atom stereocenters. The first-order valence-corrected chi connectivity index (χ1v) is 19.4. The van der Waals surface area contributed by atoms with Crippen LogP contribution in [0.15, 0.2) is 196 Å². The van der Waals surface area contributed by atoms with Crippen LogP contribution in [0.2, 0.25) is 0 Å². The lowest BCUT2D eigenvalue weighted by atomic mass is 9.64. The van der Waals surface area contributed by atoms with Crippen molar-refractivity contribution >= 4 is 66.9 Å². The molecule has 3 heterocycles. The summed E-state index contributed by atoms with van der Waals surface area (Å²) < 4.78 is 21.5. The monoisotopic (exact) mass is 710 g/mol. The highest BCUT2D eigenvalue weighted by molar-refractivity contribution is 7.85. The van der Waals surface area contributed by atoms with Gasteiger partial charge >= 0.3 is 0 Å². The van der Waals surface area contributed by atoms with Crippen molar-refractivity contribution in [3.05, 3.63) is 204 Å². The first-order chi connectivity index (χ1) is 26.7. The molecule has 0 saturated carbocycles. The summed E-state index contributed by atoms with van der Waals surface area (Å²) in [6.45, 7) is 0. The van der Waals surface area contributed by atoms with E-state index in [1.165, 1.54) is 16.7 Å². The number of furan rings is 1. The molecule has 254 valence electrons. The van der Waals surface area contributed by atoms with Crippen molar-refractivity contribution in [3.8, 4) is 11.1 Å². The Hall–Kier alpha value is -6.69. The van der Waals surface area contributed by atoms with E-state index in [0.717, 1.165) is 82.5 Å². The largest absolute Gasteiger partial charge is 0.456 e. The molecule has 54 heavy (non-hydrogen) atoms. The molecule has 5 heteroatoms. The van der Waals surface area contributed by atoms with Gasteiger partial charge in [-0.2, -0.15) is 0 Å². The summed E-state index contributed by atoms with van der Waals surface area (Å²) in [5.74, 6) is 0. The maximum atomic E-state index is 15.3. The molecule has 4 nitrogen and oxygen atoms in total. The van der Waals surface area contributed by atoms with Gasteiger partial charge in [0, 0.05) is 27.7 Å². The number of benzene rings is 8. The fourth-order valence-corrected chi connectivity index (χ4v) is 11.1. The van der Waals surface area contributed by atoms with Gasteiger partial charge in [-0.15, -0.1) is 0 Å². The van der Waals surface area contributed by atoms with Gasteiger partial charge < -0.3 is 14.2 Å². The fourth-order valence-electron chi connectivity index (χ4n) is 9.54. The summed E-state index contributed by atoms with van der Waals surface area (Å²) in [5.41, 5.74) is 14.2. The molecule has 8 aromatic carbocycles. The van der Waals surface area contributed by atoms with Crippen LogP contribution in [0.3, 0.4) is 0 Å². The minimum Gasteiger partial charge on any atom is -0.456 e. The SMILES string of the molecule is O=S1c2ccccc2N(c2ccc3oc4ccccc4c3c2)c2ccc3c(c21)-c1ccccc1C31c2ccccc2N(c2ccccc2)c2ccccc21. The highest BCUT2D eigenvalue weighted by atomic mass is 32.2. The van der Waals surface area contributed by atoms with E-state index in [0.29, 0.717) is 0 Å². The number of para-hydroxylation sites is 5. The molecule has 0 radical (unpaired) electrons. The third-order valence-electron chi connectivity index (χ3n) is 11.6. The van der Waals surface area contributed by atoms with Gasteiger partial charge in [0.2, 0.25) is 0 Å². The van der Waals surface area contributed by atoms with Crippen LogP contribution in [0.5, 0.6) is 0 Å². The van der Waals surface area contributed by atoms with Crippen molar-refractivity contribution < 1.29 is 8.63 Å². The smallest absolute Gasteiger partial charge is 0.135 e. The minimum atomic E-state index is -1.46. The summed E-state index contributed by atoms with van der Waals surface area (Å²) in [6.07, 6.45) is 0. The Morgan fingerprint density at radius 1 is 0.444 bits per heavy atom. The summed E-state index contributed by atoms with van der Waals surface area (Å²) in [7, 11) is -1.46. The van der Waals surface area contributed by atoms with Gasteiger partial charge in [-0.3, -0.25) is 0 Å². The first kappa shape index (κ1) is 29.8. The third-order valence-corrected chi connectivity index (χ3v) is 13.1. The van der Waals surface area contributed by atoms with E-state index in [-0.39, 0.29) is 0 Å². The predicted octanol–water partition coefficient (Wildman–Crippen LogP) is 12.7. The second-order valence-electron chi connectivity index (χ2n) is 14.2. The molecular weight excluding hydrogens is 681 g/mol. The highest BCUT2D eigenvalue weighted by Gasteiger charge is 2.53. The lowest BCUT2D eigenvalue weighted by Gasteiger charge is -2.45. The standard InChI is InChI=1S/C49H30N2O2S/c52-54-46-25-13-11-23-42(46)51(32-26-29-45-35(30-32)33-16-5-12-24-44(33)53-45)43-28-27-39-47(48(43)54)34-17-4-6-18-36(34)49(39)37-19-7-9-21-40(37)50(31-14-2-1-3-15-31)41-22-10-8-20-38(41)49/h1-30H. The Balaban J connectivity index is 1.17. The molecule has 1 unspecified atom stereocenters. The molecule has 0 bridgehead atoms. The zero-order valence-corrected chi connectivity index (χ0v) is 29.8. The Labute approximate surface area is 314 Å².